The molecule has 2 nitrogen and oxygen atoms in total. The van der Waals surface area contributed by atoms with E-state index in [1.807, 2.05) is 27.7 Å². The van der Waals surface area contributed by atoms with Crippen LogP contribution in [-0.2, 0) is 8.54 Å². The normalized spacial score (nSPS) is 7.14. The summed E-state index contributed by atoms with van der Waals surface area (Å²) in [5, 5.41) is 0. The lowest BCUT2D eigenvalue weighted by molar-refractivity contribution is 0.312. The lowest BCUT2D eigenvalue weighted by Crippen LogP contribution is -2.43. The lowest BCUT2D eigenvalue weighted by Gasteiger charge is -2.29. The van der Waals surface area contributed by atoms with Crippen LogP contribution in [-0.4, -0.2) is 24.0 Å². The summed E-state index contributed by atoms with van der Waals surface area (Å²) < 4.78 is 11.1. The zero-order valence-corrected chi connectivity index (χ0v) is 15.3. The first-order valence-electron chi connectivity index (χ1n) is 5.52. The zero-order valence-electron chi connectivity index (χ0n) is 12.3. The highest BCUT2D eigenvalue weighted by molar-refractivity contribution is 7.59. The van der Waals surface area contributed by atoms with Gasteiger partial charge in [-0.25, -0.2) is 0 Å². The molecule has 0 fully saturated rings. The Hall–Kier alpha value is 0.704. The second-order valence-corrected chi connectivity index (χ2v) is 12.1. The van der Waals surface area contributed by atoms with Crippen LogP contribution in [0.1, 0.15) is 73.7 Å². The molecule has 0 aliphatic heterocycles. The quantitative estimate of drug-likeness (QED) is 0.463. The van der Waals surface area contributed by atoms with E-state index in [0.29, 0.717) is 0 Å². The molecule has 0 aliphatic carbocycles. The van der Waals surface area contributed by atoms with E-state index >= 15 is 0 Å². The summed E-state index contributed by atoms with van der Waals surface area (Å²) in [6.45, 7) is 18.7. The topological polar surface area (TPSA) is 18.5 Å². The van der Waals surface area contributed by atoms with Crippen molar-refractivity contribution in [3.05, 3.63) is 0 Å². The Bertz CT molecular complexity index is 123. The Labute approximate surface area is 152 Å². The fourth-order valence-electron chi connectivity index (χ4n) is 0.779. The smallest absolute Gasteiger partial charge is 0.321 e. The molecule has 0 spiro atoms. The minimum atomic E-state index is -1.75. The summed E-state index contributed by atoms with van der Waals surface area (Å²) in [5.74, 6) is 0. The van der Waals surface area contributed by atoms with Crippen molar-refractivity contribution in [1.82, 2.24) is 0 Å². The van der Waals surface area contributed by atoms with Gasteiger partial charge in [0.25, 0.3) is 0 Å². The van der Waals surface area contributed by atoms with Crippen molar-refractivity contribution < 1.29 is 9.97 Å². The van der Waals surface area contributed by atoms with Gasteiger partial charge in [-0.05, 0) is 32.7 Å². The van der Waals surface area contributed by atoms with E-state index in [0.717, 1.165) is 0 Å². The van der Waals surface area contributed by atoms with Crippen molar-refractivity contribution in [2.45, 2.75) is 105 Å². The average Bonchev–Trinajstić information content (AvgIpc) is 2.08. The van der Waals surface area contributed by atoms with Crippen molar-refractivity contribution in [1.29, 1.82) is 0 Å². The van der Waals surface area contributed by atoms with Crippen LogP contribution < -0.4 is 0 Å². The molecule has 21 heavy (non-hydrogen) atoms. The lowest BCUT2D eigenvalue weighted by atomic mass is 11.0. The highest BCUT2D eigenvalue weighted by Crippen LogP contribution is 2.13. The van der Waals surface area contributed by atoms with E-state index < -0.39 is 16.9 Å². The second-order valence-electron chi connectivity index (χ2n) is 3.82. The molecule has 0 rings (SSSR count). The maximum Gasteiger partial charge on any atom is 0.321 e. The van der Waals surface area contributed by atoms with E-state index in [1.54, 1.807) is 7.11 Å². The molecule has 0 bridgehead atoms. The Morgan fingerprint density at radius 2 is 0.810 bits per heavy atom. The monoisotopic (exact) mass is 372 g/mol. The third kappa shape index (κ3) is 76.9. The Morgan fingerprint density at radius 3 is 0.857 bits per heavy atom. The highest BCUT2D eigenvalue weighted by Gasteiger charge is 2.29. The Balaban J connectivity index is -0.0000000104. The third-order valence-corrected chi connectivity index (χ3v) is 6.44. The van der Waals surface area contributed by atoms with Crippen molar-refractivity contribution in [3.63, 3.8) is 0 Å². The Morgan fingerprint density at radius 1 is 0.619 bits per heavy atom. The maximum absolute atomic E-state index is 5.83. The molecule has 0 radical (unpaired) electrons. The van der Waals surface area contributed by atoms with Crippen LogP contribution in [0.2, 0.25) is 32.7 Å². The minimum Gasteiger partial charge on any atom is -0.436 e. The molecule has 0 aromatic heterocycles. The van der Waals surface area contributed by atoms with Crippen LogP contribution >= 0.6 is 13.5 Å². The molecular formula is C16H58O2SSi2. The summed E-state index contributed by atoms with van der Waals surface area (Å²) >= 11 is 0. The van der Waals surface area contributed by atoms with Gasteiger partial charge in [-0.1, -0.05) is 72.3 Å². The third-order valence-electron chi connectivity index (χ3n) is 1.04. The van der Waals surface area contributed by atoms with Gasteiger partial charge < -0.3 is 8.54 Å². The van der Waals surface area contributed by atoms with Crippen molar-refractivity contribution in [2.24, 2.45) is 0 Å². The van der Waals surface area contributed by atoms with Gasteiger partial charge in [-0.3, -0.25) is 0 Å². The first kappa shape index (κ1) is 67.9. The zero-order chi connectivity index (χ0) is 12.4. The number of rotatable bonds is 3. The van der Waals surface area contributed by atoms with Gasteiger partial charge in [0, 0.05) is 8.54 Å². The van der Waals surface area contributed by atoms with E-state index in [2.05, 4.69) is 32.7 Å². The van der Waals surface area contributed by atoms with Crippen LogP contribution in [0.4, 0.5) is 0 Å². The molecule has 0 atom stereocenters. The van der Waals surface area contributed by atoms with Crippen LogP contribution in [0, 0.1) is 0 Å². The molecule has 0 N–H and O–H groups in total. The van der Waals surface area contributed by atoms with E-state index in [1.165, 1.54) is 0 Å². The van der Waals surface area contributed by atoms with Crippen LogP contribution in [0.5, 0.6) is 0 Å². The highest BCUT2D eigenvalue weighted by atomic mass is 32.1. The molecular weight excluding hydrogens is 312 g/mol. The first-order valence-corrected chi connectivity index (χ1v) is 11.7. The average molecular weight is 373 g/mol. The molecule has 0 aromatic rings. The van der Waals surface area contributed by atoms with Gasteiger partial charge in [0.1, 0.15) is 0 Å². The van der Waals surface area contributed by atoms with Gasteiger partial charge in [0.15, 0.2) is 8.32 Å². The molecule has 0 saturated carbocycles. The fraction of sp³-hybridized carbons (Fsp3) is 1.00. The predicted molar refractivity (Wildman–Crippen MR) is 124 cm³/mol. The fourth-order valence-corrected chi connectivity index (χ4v) is 7.01. The standard InChI is InChI=1S/C6H18O2Si2.2C2H6.6CH4.H2S.H2/c1-7-10(5,6)8-9(2,3)4;2*1-2;;;;;;;;/h1-6H3;2*1-2H3;6*1H4;1H2;1H/i;;;;;;;;;;1+2. The predicted octanol–water partition coefficient (Wildman–Crippen LogP) is 8.41. The molecule has 0 aromatic carbocycles. The second kappa shape index (κ2) is 37.2. The van der Waals surface area contributed by atoms with Crippen molar-refractivity contribution >= 4 is 30.4 Å². The number of hydrogen-bond donors (Lipinski definition) is 0. The van der Waals surface area contributed by atoms with Crippen LogP contribution in [0.3, 0.4) is 0 Å². The maximum atomic E-state index is 5.83. The Kier molecular flexibility index (Phi) is 120. The summed E-state index contributed by atoms with van der Waals surface area (Å²) in [6, 6.07) is 0. The summed E-state index contributed by atoms with van der Waals surface area (Å²) in [5.41, 5.74) is 0. The van der Waals surface area contributed by atoms with Gasteiger partial charge in [-0.15, -0.1) is 0 Å². The summed E-state index contributed by atoms with van der Waals surface area (Å²) in [4.78, 5) is 0. The van der Waals surface area contributed by atoms with Crippen molar-refractivity contribution in [2.75, 3.05) is 7.11 Å². The van der Waals surface area contributed by atoms with E-state index in [4.69, 9.17) is 8.54 Å². The molecule has 0 amide bonds. The minimum absolute atomic E-state index is 0. The van der Waals surface area contributed by atoms with Gasteiger partial charge in [0.2, 0.25) is 0 Å². The van der Waals surface area contributed by atoms with Gasteiger partial charge >= 0.3 is 8.56 Å². The first-order chi connectivity index (χ1) is 6.27. The largest absolute Gasteiger partial charge is 0.436 e. The molecule has 148 valence electrons. The van der Waals surface area contributed by atoms with Gasteiger partial charge in [-0.2, -0.15) is 13.5 Å². The SMILES string of the molecule is C.C.C.C.C.C.CC.CC.CO[Si](C)(C)O[Si](C)(C)C.S.[3HH]. The molecule has 0 saturated heterocycles. The van der Waals surface area contributed by atoms with E-state index in [-0.39, 0.29) is 59.5 Å². The summed E-state index contributed by atoms with van der Waals surface area (Å²) in [6.07, 6.45) is 0. The summed E-state index contributed by atoms with van der Waals surface area (Å²) in [7, 11) is -1.40. The molecule has 0 aliphatic rings. The van der Waals surface area contributed by atoms with Gasteiger partial charge in [0.05, 0.1) is 0 Å². The molecule has 5 heteroatoms. The molecule has 0 heterocycles. The van der Waals surface area contributed by atoms with Crippen LogP contribution in [0.25, 0.3) is 0 Å². The molecule has 0 unspecified atom stereocenters. The van der Waals surface area contributed by atoms with Crippen LogP contribution in [0.15, 0.2) is 0 Å². The van der Waals surface area contributed by atoms with E-state index in [9.17, 15) is 0 Å². The van der Waals surface area contributed by atoms with Crippen molar-refractivity contribution in [3.8, 4) is 0 Å². The number of hydrogen-bond acceptors (Lipinski definition) is 2.